The Morgan fingerprint density at radius 2 is 2.33 bits per heavy atom. The van der Waals surface area contributed by atoms with Crippen molar-refractivity contribution in [3.63, 3.8) is 0 Å². The van der Waals surface area contributed by atoms with Gasteiger partial charge in [0.05, 0.1) is 6.61 Å². The Morgan fingerprint density at radius 1 is 1.53 bits per heavy atom. The summed E-state index contributed by atoms with van der Waals surface area (Å²) in [7, 11) is 0. The Morgan fingerprint density at radius 3 is 2.93 bits per heavy atom. The number of ether oxygens (including phenoxy) is 1. The molecule has 0 fully saturated rings. The minimum atomic E-state index is -0.454. The normalized spacial score (nSPS) is 9.67. The monoisotopic (exact) mass is 212 g/mol. The van der Waals surface area contributed by atoms with Gasteiger partial charge in [-0.15, -0.1) is 0 Å². The van der Waals surface area contributed by atoms with E-state index in [2.05, 4.69) is 20.1 Å². The zero-order valence-electron chi connectivity index (χ0n) is 8.34. The summed E-state index contributed by atoms with van der Waals surface area (Å²) in [5.74, 6) is -0.766. The highest BCUT2D eigenvalue weighted by atomic mass is 16.5. The van der Waals surface area contributed by atoms with E-state index in [0.29, 0.717) is 6.61 Å². The number of rotatable bonds is 5. The number of nitrogens with one attached hydrogen (secondary N) is 1. The molecule has 0 atom stereocenters. The fraction of sp³-hybridized carbons (Fsp3) is 0.500. The molecule has 1 amide bonds. The van der Waals surface area contributed by atoms with Crippen LogP contribution in [-0.2, 0) is 20.9 Å². The Kier molecular flexibility index (Phi) is 4.27. The molecule has 0 aromatic carbocycles. The molecule has 0 saturated carbocycles. The summed E-state index contributed by atoms with van der Waals surface area (Å²) >= 11 is 0. The molecule has 82 valence electrons. The maximum atomic E-state index is 11.2. The average molecular weight is 212 g/mol. The first-order chi connectivity index (χ1) is 7.22. The first kappa shape index (κ1) is 11.2. The zero-order chi connectivity index (χ0) is 11.1. The average Bonchev–Trinajstić information content (AvgIpc) is 2.68. The molecule has 0 spiro atoms. The van der Waals surface area contributed by atoms with Crippen LogP contribution in [0.3, 0.4) is 0 Å². The van der Waals surface area contributed by atoms with Gasteiger partial charge in [0, 0.05) is 0 Å². The molecule has 0 unspecified atom stereocenters. The second-order valence-electron chi connectivity index (χ2n) is 2.67. The van der Waals surface area contributed by atoms with Crippen molar-refractivity contribution in [2.75, 3.05) is 13.2 Å². The molecule has 7 nitrogen and oxygen atoms in total. The molecule has 0 bridgehead atoms. The molecule has 7 heteroatoms. The fourth-order valence-electron chi connectivity index (χ4n) is 0.900. The van der Waals surface area contributed by atoms with Gasteiger partial charge in [0.1, 0.15) is 25.7 Å². The van der Waals surface area contributed by atoms with Gasteiger partial charge in [0.15, 0.2) is 0 Å². The molecule has 1 aromatic rings. The number of nitrogens with zero attached hydrogens (tertiary/aromatic N) is 3. The van der Waals surface area contributed by atoms with Crippen LogP contribution in [0, 0.1) is 0 Å². The summed E-state index contributed by atoms with van der Waals surface area (Å²) in [4.78, 5) is 25.8. The number of carbonyl (C=O) groups excluding carboxylic acids is 2. The van der Waals surface area contributed by atoms with Crippen LogP contribution >= 0.6 is 0 Å². The quantitative estimate of drug-likeness (QED) is 0.630. The minimum Gasteiger partial charge on any atom is -0.465 e. The van der Waals surface area contributed by atoms with Crippen LogP contribution in [0.1, 0.15) is 6.92 Å². The Labute approximate surface area is 86.4 Å². The van der Waals surface area contributed by atoms with Gasteiger partial charge in [-0.2, -0.15) is 5.10 Å². The molecule has 0 aliphatic rings. The molecule has 0 saturated heterocycles. The van der Waals surface area contributed by atoms with Gasteiger partial charge in [-0.05, 0) is 6.92 Å². The Bertz CT molecular complexity index is 323. The van der Waals surface area contributed by atoms with E-state index in [1.807, 2.05) is 0 Å². The number of amides is 1. The van der Waals surface area contributed by atoms with E-state index in [0.717, 1.165) is 0 Å². The van der Waals surface area contributed by atoms with Crippen LogP contribution in [0.4, 0.5) is 0 Å². The van der Waals surface area contributed by atoms with Gasteiger partial charge in [-0.3, -0.25) is 9.59 Å². The SMILES string of the molecule is CCOC(=O)CNC(=O)Cn1cncn1. The molecule has 15 heavy (non-hydrogen) atoms. The van der Waals surface area contributed by atoms with Crippen LogP contribution in [0.15, 0.2) is 12.7 Å². The smallest absolute Gasteiger partial charge is 0.325 e. The third kappa shape index (κ3) is 4.21. The van der Waals surface area contributed by atoms with Gasteiger partial charge in [-0.1, -0.05) is 0 Å². The predicted octanol–water partition coefficient (Wildman–Crippen LogP) is -1.04. The van der Waals surface area contributed by atoms with Gasteiger partial charge >= 0.3 is 5.97 Å². The second kappa shape index (κ2) is 5.74. The number of hydrogen-bond acceptors (Lipinski definition) is 5. The highest BCUT2D eigenvalue weighted by Crippen LogP contribution is 1.81. The summed E-state index contributed by atoms with van der Waals surface area (Å²) in [5, 5.41) is 6.15. The molecule has 1 rings (SSSR count). The van der Waals surface area contributed by atoms with E-state index < -0.39 is 5.97 Å². The van der Waals surface area contributed by atoms with Crippen molar-refractivity contribution in [3.05, 3.63) is 12.7 Å². The molecular weight excluding hydrogens is 200 g/mol. The van der Waals surface area contributed by atoms with Crippen LogP contribution in [-0.4, -0.2) is 39.8 Å². The van der Waals surface area contributed by atoms with E-state index >= 15 is 0 Å². The summed E-state index contributed by atoms with van der Waals surface area (Å²) in [6.45, 7) is 1.92. The summed E-state index contributed by atoms with van der Waals surface area (Å²) in [6.07, 6.45) is 2.75. The maximum Gasteiger partial charge on any atom is 0.325 e. The van der Waals surface area contributed by atoms with E-state index in [1.54, 1.807) is 6.92 Å². The van der Waals surface area contributed by atoms with E-state index in [4.69, 9.17) is 0 Å². The highest BCUT2D eigenvalue weighted by molar-refractivity contribution is 5.81. The lowest BCUT2D eigenvalue weighted by Gasteiger charge is -2.04. The summed E-state index contributed by atoms with van der Waals surface area (Å²) < 4.78 is 6.00. The summed E-state index contributed by atoms with van der Waals surface area (Å²) in [5.41, 5.74) is 0. The highest BCUT2D eigenvalue weighted by Gasteiger charge is 2.06. The van der Waals surface area contributed by atoms with Crippen molar-refractivity contribution in [1.82, 2.24) is 20.1 Å². The van der Waals surface area contributed by atoms with Crippen LogP contribution in [0.25, 0.3) is 0 Å². The van der Waals surface area contributed by atoms with Crippen molar-refractivity contribution < 1.29 is 14.3 Å². The van der Waals surface area contributed by atoms with Gasteiger partial charge < -0.3 is 10.1 Å². The van der Waals surface area contributed by atoms with E-state index in [-0.39, 0.29) is 19.0 Å². The molecule has 0 aliphatic heterocycles. The van der Waals surface area contributed by atoms with Gasteiger partial charge in [0.2, 0.25) is 5.91 Å². The predicted molar refractivity (Wildman–Crippen MR) is 49.7 cm³/mol. The second-order valence-corrected chi connectivity index (χ2v) is 2.67. The minimum absolute atomic E-state index is 0.0411. The lowest BCUT2D eigenvalue weighted by atomic mass is 10.5. The van der Waals surface area contributed by atoms with Crippen molar-refractivity contribution >= 4 is 11.9 Å². The van der Waals surface area contributed by atoms with Crippen molar-refractivity contribution in [3.8, 4) is 0 Å². The maximum absolute atomic E-state index is 11.2. The fourth-order valence-corrected chi connectivity index (χ4v) is 0.900. The van der Waals surface area contributed by atoms with Gasteiger partial charge in [0.25, 0.3) is 0 Å². The molecular formula is C8H12N4O3. The van der Waals surface area contributed by atoms with Gasteiger partial charge in [-0.25, -0.2) is 9.67 Å². The number of hydrogen-bond donors (Lipinski definition) is 1. The van der Waals surface area contributed by atoms with E-state index in [1.165, 1.54) is 17.3 Å². The lowest BCUT2D eigenvalue weighted by Crippen LogP contribution is -2.33. The van der Waals surface area contributed by atoms with Crippen molar-refractivity contribution in [1.29, 1.82) is 0 Å². The molecule has 1 heterocycles. The third-order valence-corrected chi connectivity index (χ3v) is 1.51. The topological polar surface area (TPSA) is 86.1 Å². The lowest BCUT2D eigenvalue weighted by molar-refractivity contribution is -0.143. The molecule has 1 N–H and O–H groups in total. The Balaban J connectivity index is 2.22. The molecule has 0 aliphatic carbocycles. The van der Waals surface area contributed by atoms with Crippen LogP contribution in [0.2, 0.25) is 0 Å². The summed E-state index contributed by atoms with van der Waals surface area (Å²) in [6, 6.07) is 0. The molecule has 0 radical (unpaired) electrons. The standard InChI is InChI=1S/C8H12N4O3/c1-2-15-8(14)3-10-7(13)4-12-6-9-5-11-12/h5-6H,2-4H2,1H3,(H,10,13). The number of aromatic nitrogens is 3. The Hall–Kier alpha value is -1.92. The number of esters is 1. The van der Waals surface area contributed by atoms with Crippen molar-refractivity contribution in [2.45, 2.75) is 13.5 Å². The first-order valence-corrected chi connectivity index (χ1v) is 4.47. The largest absolute Gasteiger partial charge is 0.465 e. The number of carbonyl (C=O) groups is 2. The van der Waals surface area contributed by atoms with E-state index in [9.17, 15) is 9.59 Å². The third-order valence-electron chi connectivity index (χ3n) is 1.51. The zero-order valence-corrected chi connectivity index (χ0v) is 8.34. The first-order valence-electron chi connectivity index (χ1n) is 4.47. The van der Waals surface area contributed by atoms with Crippen molar-refractivity contribution in [2.24, 2.45) is 0 Å². The van der Waals surface area contributed by atoms with Crippen LogP contribution in [0.5, 0.6) is 0 Å². The van der Waals surface area contributed by atoms with Crippen LogP contribution < -0.4 is 5.32 Å². The molecule has 1 aromatic heterocycles.